The van der Waals surface area contributed by atoms with Gasteiger partial charge in [0.2, 0.25) is 0 Å². The predicted octanol–water partition coefficient (Wildman–Crippen LogP) is 0.644. The molecule has 0 spiro atoms. The number of anilines is 2. The Hall–Kier alpha value is -1.40. The Morgan fingerprint density at radius 3 is 2.75 bits per heavy atom. The van der Waals surface area contributed by atoms with Crippen LogP contribution in [0, 0.1) is 6.92 Å². The van der Waals surface area contributed by atoms with Gasteiger partial charge in [0.15, 0.2) is 0 Å². The first-order chi connectivity index (χ1) is 7.69. The second-order valence-corrected chi connectivity index (χ2v) is 3.66. The van der Waals surface area contributed by atoms with Crippen LogP contribution in [0.15, 0.2) is 6.33 Å². The molecule has 90 valence electrons. The van der Waals surface area contributed by atoms with Crippen LogP contribution < -0.4 is 16.6 Å². The normalized spacial score (nSPS) is 12.2. The van der Waals surface area contributed by atoms with Crippen LogP contribution in [0.1, 0.15) is 25.3 Å². The minimum absolute atomic E-state index is 0.353. The number of hydrogen-bond donors (Lipinski definition) is 4. The van der Waals surface area contributed by atoms with Crippen molar-refractivity contribution in [2.45, 2.75) is 32.8 Å². The Kier molecular flexibility index (Phi) is 4.94. The summed E-state index contributed by atoms with van der Waals surface area (Å²) in [6.45, 7) is 4.38. The number of aliphatic hydroxyl groups excluding tert-OH is 1. The molecule has 0 fully saturated rings. The van der Waals surface area contributed by atoms with Crippen molar-refractivity contribution in [1.29, 1.82) is 0 Å². The molecular weight excluding hydrogens is 206 g/mol. The molecule has 1 unspecified atom stereocenters. The van der Waals surface area contributed by atoms with Crippen molar-refractivity contribution in [2.24, 2.45) is 5.84 Å². The fraction of sp³-hybridized carbons (Fsp3) is 0.600. The topological polar surface area (TPSA) is 96.1 Å². The first kappa shape index (κ1) is 12.7. The van der Waals surface area contributed by atoms with E-state index in [0.717, 1.165) is 18.4 Å². The molecule has 0 bridgehead atoms. The van der Waals surface area contributed by atoms with E-state index < -0.39 is 0 Å². The van der Waals surface area contributed by atoms with Gasteiger partial charge in [0, 0.05) is 12.1 Å². The maximum atomic E-state index is 9.58. The van der Waals surface area contributed by atoms with Crippen molar-refractivity contribution >= 4 is 11.6 Å². The van der Waals surface area contributed by atoms with Crippen LogP contribution in [0.25, 0.3) is 0 Å². The monoisotopic (exact) mass is 225 g/mol. The third kappa shape index (κ3) is 3.32. The molecule has 1 rings (SSSR count). The SMILES string of the molecule is CCCC(O)CNc1ncnc(NN)c1C. The van der Waals surface area contributed by atoms with Crippen LogP contribution in [-0.4, -0.2) is 27.7 Å². The molecule has 0 radical (unpaired) electrons. The van der Waals surface area contributed by atoms with Gasteiger partial charge in [-0.2, -0.15) is 0 Å². The Bertz CT molecular complexity index is 331. The highest BCUT2D eigenvalue weighted by molar-refractivity contribution is 5.55. The standard InChI is InChI=1S/C10H19N5O/c1-3-4-8(16)5-12-9-7(2)10(15-11)14-6-13-9/h6,8,16H,3-5,11H2,1-2H3,(H2,12,13,14,15). The van der Waals surface area contributed by atoms with E-state index in [1.165, 1.54) is 6.33 Å². The van der Waals surface area contributed by atoms with Crippen molar-refractivity contribution in [2.75, 3.05) is 17.3 Å². The van der Waals surface area contributed by atoms with Crippen LogP contribution in [0.5, 0.6) is 0 Å². The molecule has 1 aromatic heterocycles. The average molecular weight is 225 g/mol. The number of nitrogens with two attached hydrogens (primary N) is 1. The van der Waals surface area contributed by atoms with Gasteiger partial charge in [0.25, 0.3) is 0 Å². The zero-order chi connectivity index (χ0) is 12.0. The maximum absolute atomic E-state index is 9.58. The van der Waals surface area contributed by atoms with E-state index in [9.17, 15) is 5.11 Å². The lowest BCUT2D eigenvalue weighted by Crippen LogP contribution is -2.21. The summed E-state index contributed by atoms with van der Waals surface area (Å²) in [7, 11) is 0. The molecule has 16 heavy (non-hydrogen) atoms. The van der Waals surface area contributed by atoms with Crippen LogP contribution in [0.4, 0.5) is 11.6 Å². The second-order valence-electron chi connectivity index (χ2n) is 3.66. The summed E-state index contributed by atoms with van der Waals surface area (Å²) in [4.78, 5) is 8.06. The van der Waals surface area contributed by atoms with Gasteiger partial charge >= 0.3 is 0 Å². The van der Waals surface area contributed by atoms with E-state index in [1.54, 1.807) is 0 Å². The zero-order valence-electron chi connectivity index (χ0n) is 9.70. The number of aromatic nitrogens is 2. The van der Waals surface area contributed by atoms with E-state index in [1.807, 2.05) is 13.8 Å². The van der Waals surface area contributed by atoms with Gasteiger partial charge in [-0.3, -0.25) is 0 Å². The fourth-order valence-electron chi connectivity index (χ4n) is 1.42. The third-order valence-corrected chi connectivity index (χ3v) is 2.35. The number of nitrogens with one attached hydrogen (secondary N) is 2. The predicted molar refractivity (Wildman–Crippen MR) is 64.0 cm³/mol. The number of aliphatic hydroxyl groups is 1. The van der Waals surface area contributed by atoms with Crippen molar-refractivity contribution < 1.29 is 5.11 Å². The van der Waals surface area contributed by atoms with E-state index >= 15 is 0 Å². The molecular formula is C10H19N5O. The van der Waals surface area contributed by atoms with E-state index in [4.69, 9.17) is 5.84 Å². The highest BCUT2D eigenvalue weighted by Gasteiger charge is 2.07. The second kappa shape index (κ2) is 6.24. The van der Waals surface area contributed by atoms with Gasteiger partial charge < -0.3 is 15.8 Å². The third-order valence-electron chi connectivity index (χ3n) is 2.35. The Balaban J connectivity index is 2.60. The summed E-state index contributed by atoms with van der Waals surface area (Å²) < 4.78 is 0. The van der Waals surface area contributed by atoms with Gasteiger partial charge in [0.1, 0.15) is 18.0 Å². The lowest BCUT2D eigenvalue weighted by atomic mass is 10.2. The number of nitrogens with zero attached hydrogens (tertiary/aromatic N) is 2. The lowest BCUT2D eigenvalue weighted by Gasteiger charge is -2.13. The van der Waals surface area contributed by atoms with E-state index in [-0.39, 0.29) is 6.10 Å². The molecule has 1 atom stereocenters. The lowest BCUT2D eigenvalue weighted by molar-refractivity contribution is 0.176. The molecule has 1 aromatic rings. The molecule has 0 amide bonds. The molecule has 5 N–H and O–H groups in total. The number of nitrogen functional groups attached to an aromatic ring is 1. The van der Waals surface area contributed by atoms with Crippen LogP contribution in [0.3, 0.4) is 0 Å². The first-order valence-electron chi connectivity index (χ1n) is 5.39. The summed E-state index contributed by atoms with van der Waals surface area (Å²) in [5, 5.41) is 12.7. The summed E-state index contributed by atoms with van der Waals surface area (Å²) >= 11 is 0. The highest BCUT2D eigenvalue weighted by Crippen LogP contribution is 2.16. The largest absolute Gasteiger partial charge is 0.391 e. The molecule has 1 heterocycles. The van der Waals surface area contributed by atoms with Crippen LogP contribution in [-0.2, 0) is 0 Å². The molecule has 0 saturated heterocycles. The quantitative estimate of drug-likeness (QED) is 0.419. The first-order valence-corrected chi connectivity index (χ1v) is 5.39. The maximum Gasteiger partial charge on any atom is 0.148 e. The molecule has 6 heteroatoms. The molecule has 0 aliphatic heterocycles. The van der Waals surface area contributed by atoms with Crippen LogP contribution >= 0.6 is 0 Å². The van der Waals surface area contributed by atoms with Crippen molar-refractivity contribution in [3.05, 3.63) is 11.9 Å². The number of hydrazine groups is 1. The van der Waals surface area contributed by atoms with Crippen LogP contribution in [0.2, 0.25) is 0 Å². The average Bonchev–Trinajstić information content (AvgIpc) is 2.28. The van der Waals surface area contributed by atoms with Crippen molar-refractivity contribution in [3.8, 4) is 0 Å². The fourth-order valence-corrected chi connectivity index (χ4v) is 1.42. The summed E-state index contributed by atoms with van der Waals surface area (Å²) in [6.07, 6.45) is 2.81. The van der Waals surface area contributed by atoms with Gasteiger partial charge in [-0.1, -0.05) is 13.3 Å². The summed E-state index contributed by atoms with van der Waals surface area (Å²) in [5.74, 6) is 6.58. The van der Waals surface area contributed by atoms with Crippen molar-refractivity contribution in [1.82, 2.24) is 9.97 Å². The minimum Gasteiger partial charge on any atom is -0.391 e. The Morgan fingerprint density at radius 2 is 2.12 bits per heavy atom. The number of hydrogen-bond acceptors (Lipinski definition) is 6. The zero-order valence-corrected chi connectivity index (χ0v) is 9.70. The van der Waals surface area contributed by atoms with E-state index in [0.29, 0.717) is 18.2 Å². The minimum atomic E-state index is -0.353. The van der Waals surface area contributed by atoms with Gasteiger partial charge in [-0.15, -0.1) is 0 Å². The number of rotatable bonds is 6. The molecule has 0 saturated carbocycles. The van der Waals surface area contributed by atoms with Gasteiger partial charge in [-0.05, 0) is 13.3 Å². The molecule has 0 aromatic carbocycles. The summed E-state index contributed by atoms with van der Waals surface area (Å²) in [6, 6.07) is 0. The van der Waals surface area contributed by atoms with E-state index in [2.05, 4.69) is 20.7 Å². The Morgan fingerprint density at radius 1 is 1.44 bits per heavy atom. The summed E-state index contributed by atoms with van der Waals surface area (Å²) in [5.41, 5.74) is 3.34. The molecule has 0 aliphatic rings. The Labute approximate surface area is 95.3 Å². The highest BCUT2D eigenvalue weighted by atomic mass is 16.3. The van der Waals surface area contributed by atoms with Gasteiger partial charge in [-0.25, -0.2) is 15.8 Å². The molecule has 0 aliphatic carbocycles. The smallest absolute Gasteiger partial charge is 0.148 e. The van der Waals surface area contributed by atoms with Crippen molar-refractivity contribution in [3.63, 3.8) is 0 Å². The van der Waals surface area contributed by atoms with Gasteiger partial charge in [0.05, 0.1) is 6.10 Å². The molecule has 6 nitrogen and oxygen atoms in total.